The zero-order valence-corrected chi connectivity index (χ0v) is 21.2. The molecule has 0 aliphatic carbocycles. The highest BCUT2D eigenvalue weighted by Crippen LogP contribution is 2.31. The van der Waals surface area contributed by atoms with E-state index in [1.807, 2.05) is 65.6 Å². The van der Waals surface area contributed by atoms with Crippen molar-refractivity contribution >= 4 is 27.5 Å². The lowest BCUT2D eigenvalue weighted by Crippen LogP contribution is -2.46. The average Bonchev–Trinajstić information content (AvgIpc) is 2.89. The van der Waals surface area contributed by atoms with Crippen LogP contribution in [0.25, 0.3) is 0 Å². The zero-order valence-electron chi connectivity index (χ0n) is 19.6. The fourth-order valence-corrected chi connectivity index (χ4v) is 6.27. The molecule has 3 aromatic carbocycles. The fourth-order valence-electron chi connectivity index (χ4n) is 4.40. The molecular formula is C27H29ClN2O4S. The van der Waals surface area contributed by atoms with Gasteiger partial charge >= 0.3 is 0 Å². The van der Waals surface area contributed by atoms with Gasteiger partial charge in [0.15, 0.2) is 0 Å². The van der Waals surface area contributed by atoms with Crippen LogP contribution in [0.4, 0.5) is 0 Å². The Kier molecular flexibility index (Phi) is 8.11. The van der Waals surface area contributed by atoms with Crippen molar-refractivity contribution in [2.75, 3.05) is 20.2 Å². The minimum atomic E-state index is -3.80. The molecule has 3 aromatic rings. The summed E-state index contributed by atoms with van der Waals surface area (Å²) in [4.78, 5) is 15.6. The lowest BCUT2D eigenvalue weighted by Gasteiger charge is -2.34. The maximum Gasteiger partial charge on any atom is 0.243 e. The molecule has 0 bridgehead atoms. The molecule has 0 aromatic heterocycles. The number of halogens is 1. The summed E-state index contributed by atoms with van der Waals surface area (Å²) in [6, 6.07) is 24.1. The van der Waals surface area contributed by atoms with Gasteiger partial charge < -0.3 is 9.64 Å². The number of sulfonamides is 1. The molecule has 0 saturated carbocycles. The van der Waals surface area contributed by atoms with E-state index in [0.717, 1.165) is 11.1 Å². The van der Waals surface area contributed by atoms with Crippen molar-refractivity contribution in [1.29, 1.82) is 0 Å². The van der Waals surface area contributed by atoms with Gasteiger partial charge in [-0.15, -0.1) is 0 Å². The highest BCUT2D eigenvalue weighted by atomic mass is 35.5. The van der Waals surface area contributed by atoms with E-state index in [1.54, 1.807) is 6.07 Å². The van der Waals surface area contributed by atoms with E-state index in [2.05, 4.69) is 0 Å². The average molecular weight is 513 g/mol. The second kappa shape index (κ2) is 11.2. The van der Waals surface area contributed by atoms with Crippen LogP contribution in [0.1, 0.15) is 24.0 Å². The summed E-state index contributed by atoms with van der Waals surface area (Å²) >= 11 is 6.18. The van der Waals surface area contributed by atoms with E-state index >= 15 is 0 Å². The lowest BCUT2D eigenvalue weighted by atomic mass is 9.97. The maximum atomic E-state index is 13.7. The standard InChI is InChI=1S/C27H29ClN2O4S/c1-34-26-15-14-24(17-25(26)28)35(32,33)30-16-8-13-23(20-30)27(31)29(18-21-9-4-2-5-10-21)19-22-11-6-3-7-12-22/h2-7,9-12,14-15,17,23H,8,13,16,18-20H2,1H3/t23-/m0/s1. The van der Waals surface area contributed by atoms with E-state index in [0.29, 0.717) is 38.2 Å². The van der Waals surface area contributed by atoms with Crippen molar-refractivity contribution in [3.8, 4) is 5.75 Å². The highest BCUT2D eigenvalue weighted by molar-refractivity contribution is 7.89. The molecule has 35 heavy (non-hydrogen) atoms. The van der Waals surface area contributed by atoms with Gasteiger partial charge in [0.25, 0.3) is 0 Å². The quantitative estimate of drug-likeness (QED) is 0.427. The Labute approximate surface area is 212 Å². The Balaban J connectivity index is 1.54. The molecule has 0 spiro atoms. The number of hydrogen-bond acceptors (Lipinski definition) is 4. The Morgan fingerprint density at radius 2 is 1.60 bits per heavy atom. The number of rotatable bonds is 8. The number of hydrogen-bond donors (Lipinski definition) is 0. The number of nitrogens with zero attached hydrogens (tertiary/aromatic N) is 2. The monoisotopic (exact) mass is 512 g/mol. The molecule has 8 heteroatoms. The van der Waals surface area contributed by atoms with Crippen molar-refractivity contribution in [3.05, 3.63) is 95.0 Å². The first-order chi connectivity index (χ1) is 16.9. The van der Waals surface area contributed by atoms with E-state index in [-0.39, 0.29) is 22.4 Å². The van der Waals surface area contributed by atoms with Gasteiger partial charge in [0.05, 0.1) is 22.9 Å². The van der Waals surface area contributed by atoms with Crippen LogP contribution in [0.2, 0.25) is 5.02 Å². The van der Waals surface area contributed by atoms with Gasteiger partial charge in [-0.3, -0.25) is 4.79 Å². The number of benzene rings is 3. The number of piperidine rings is 1. The molecule has 4 rings (SSSR count). The van der Waals surface area contributed by atoms with Gasteiger partial charge in [0.2, 0.25) is 15.9 Å². The summed E-state index contributed by atoms with van der Waals surface area (Å²) in [7, 11) is -2.32. The largest absolute Gasteiger partial charge is 0.495 e. The lowest BCUT2D eigenvalue weighted by molar-refractivity contribution is -0.138. The van der Waals surface area contributed by atoms with Gasteiger partial charge in [0, 0.05) is 26.2 Å². The first-order valence-corrected chi connectivity index (χ1v) is 13.4. The minimum Gasteiger partial charge on any atom is -0.495 e. The summed E-state index contributed by atoms with van der Waals surface area (Å²) in [5.74, 6) is -0.0418. The van der Waals surface area contributed by atoms with Gasteiger partial charge in [0.1, 0.15) is 5.75 Å². The molecule has 0 unspecified atom stereocenters. The number of methoxy groups -OCH3 is 1. The molecular weight excluding hydrogens is 484 g/mol. The van der Waals surface area contributed by atoms with E-state index < -0.39 is 15.9 Å². The number of ether oxygens (including phenoxy) is 1. The molecule has 1 saturated heterocycles. The summed E-state index contributed by atoms with van der Waals surface area (Å²) in [6.45, 7) is 1.44. The topological polar surface area (TPSA) is 66.9 Å². The van der Waals surface area contributed by atoms with Gasteiger partial charge in [-0.1, -0.05) is 72.3 Å². The second-order valence-corrected chi connectivity index (χ2v) is 11.0. The predicted molar refractivity (Wildman–Crippen MR) is 137 cm³/mol. The molecule has 0 N–H and O–H groups in total. The van der Waals surface area contributed by atoms with Crippen LogP contribution in [0, 0.1) is 5.92 Å². The van der Waals surface area contributed by atoms with Crippen LogP contribution in [-0.2, 0) is 27.9 Å². The smallest absolute Gasteiger partial charge is 0.243 e. The van der Waals surface area contributed by atoms with Crippen LogP contribution < -0.4 is 4.74 Å². The van der Waals surface area contributed by atoms with E-state index in [4.69, 9.17) is 16.3 Å². The molecule has 0 radical (unpaired) electrons. The normalized spacial score (nSPS) is 16.6. The first kappa shape index (κ1) is 25.2. The third-order valence-corrected chi connectivity index (χ3v) is 8.40. The van der Waals surface area contributed by atoms with Crippen LogP contribution in [0.15, 0.2) is 83.8 Å². The van der Waals surface area contributed by atoms with Gasteiger partial charge in [-0.2, -0.15) is 4.31 Å². The minimum absolute atomic E-state index is 0.0367. The van der Waals surface area contributed by atoms with Crippen molar-refractivity contribution in [3.63, 3.8) is 0 Å². The zero-order chi connectivity index (χ0) is 24.8. The molecule has 1 heterocycles. The Morgan fingerprint density at radius 3 is 2.14 bits per heavy atom. The van der Waals surface area contributed by atoms with Gasteiger partial charge in [-0.05, 0) is 42.2 Å². The molecule has 184 valence electrons. The number of amides is 1. The van der Waals surface area contributed by atoms with Crippen LogP contribution in [0.3, 0.4) is 0 Å². The van der Waals surface area contributed by atoms with Crippen LogP contribution in [0.5, 0.6) is 5.75 Å². The Morgan fingerprint density at radius 1 is 1.00 bits per heavy atom. The summed E-state index contributed by atoms with van der Waals surface area (Å²) < 4.78 is 33.3. The number of carbonyl (C=O) groups is 1. The molecule has 1 aliphatic rings. The maximum absolute atomic E-state index is 13.7. The molecule has 1 atom stereocenters. The fraction of sp³-hybridized carbons (Fsp3) is 0.296. The van der Waals surface area contributed by atoms with Crippen molar-refractivity contribution in [2.45, 2.75) is 30.8 Å². The molecule has 1 fully saturated rings. The molecule has 1 amide bonds. The highest BCUT2D eigenvalue weighted by Gasteiger charge is 2.35. The summed E-state index contributed by atoms with van der Waals surface area (Å²) in [5, 5.41) is 0.232. The van der Waals surface area contributed by atoms with E-state index in [9.17, 15) is 13.2 Å². The van der Waals surface area contributed by atoms with Crippen molar-refractivity contribution in [2.24, 2.45) is 5.92 Å². The molecule has 6 nitrogen and oxygen atoms in total. The van der Waals surface area contributed by atoms with Crippen LogP contribution in [-0.4, -0.2) is 43.7 Å². The Hall–Kier alpha value is -2.87. The SMILES string of the molecule is COc1ccc(S(=O)(=O)N2CCC[C@H](C(=O)N(Cc3ccccc3)Cc3ccccc3)C2)cc1Cl. The van der Waals surface area contributed by atoms with Crippen molar-refractivity contribution in [1.82, 2.24) is 9.21 Å². The predicted octanol–water partition coefficient (Wildman–Crippen LogP) is 4.98. The first-order valence-electron chi connectivity index (χ1n) is 11.6. The second-order valence-electron chi connectivity index (χ2n) is 8.66. The van der Waals surface area contributed by atoms with Crippen molar-refractivity contribution < 1.29 is 17.9 Å². The molecule has 1 aliphatic heterocycles. The third-order valence-electron chi connectivity index (χ3n) is 6.24. The number of carbonyl (C=O) groups excluding carboxylic acids is 1. The Bertz CT molecular complexity index is 1210. The van der Waals surface area contributed by atoms with Crippen LogP contribution >= 0.6 is 11.6 Å². The third kappa shape index (κ3) is 6.04. The van der Waals surface area contributed by atoms with Gasteiger partial charge in [-0.25, -0.2) is 8.42 Å². The summed E-state index contributed by atoms with van der Waals surface area (Å²) in [5.41, 5.74) is 2.06. The summed E-state index contributed by atoms with van der Waals surface area (Å²) in [6.07, 6.45) is 1.26. The van der Waals surface area contributed by atoms with E-state index in [1.165, 1.54) is 23.5 Å².